The smallest absolute Gasteiger partial charge is 0.231 e. The number of nitrogen functional groups attached to an aromatic ring is 1. The van der Waals surface area contributed by atoms with Crippen LogP contribution in [0.25, 0.3) is 0 Å². The van der Waals surface area contributed by atoms with Crippen molar-refractivity contribution in [2.75, 3.05) is 18.1 Å². The number of hydrogen-bond donors (Lipinski definition) is 2. The van der Waals surface area contributed by atoms with Crippen LogP contribution in [0, 0.1) is 12.3 Å². The number of nitrogens with two attached hydrogens (primary N) is 1. The minimum Gasteiger partial charge on any atom is -0.486 e. The number of aromatic nitrogens is 3. The second-order valence-corrected chi connectivity index (χ2v) is 6.49. The molecule has 25 heavy (non-hydrogen) atoms. The molecule has 0 saturated heterocycles. The van der Waals surface area contributed by atoms with Gasteiger partial charge < -0.3 is 15.9 Å². The van der Waals surface area contributed by atoms with Crippen LogP contribution in [0.5, 0.6) is 5.75 Å². The zero-order valence-electron chi connectivity index (χ0n) is 14.2. The van der Waals surface area contributed by atoms with Crippen LogP contribution in [-0.2, 0) is 11.4 Å². The Kier molecular flexibility index (Phi) is 6.71. The van der Waals surface area contributed by atoms with Gasteiger partial charge in [0.2, 0.25) is 11.1 Å². The average Bonchev–Trinajstić information content (AvgIpc) is 2.96. The van der Waals surface area contributed by atoms with Gasteiger partial charge in [-0.3, -0.25) is 4.79 Å². The molecule has 3 N–H and O–H groups in total. The first-order chi connectivity index (χ1) is 12.0. The molecule has 1 aromatic carbocycles. The quantitative estimate of drug-likeness (QED) is 0.422. The summed E-state index contributed by atoms with van der Waals surface area (Å²) >= 11 is 1.18. The zero-order chi connectivity index (χ0) is 18.2. The Hall–Kier alpha value is -2.66. The Balaban J connectivity index is 1.88. The molecule has 0 atom stereocenters. The molecule has 1 amide bonds. The summed E-state index contributed by atoms with van der Waals surface area (Å²) in [7, 11) is 0. The van der Waals surface area contributed by atoms with E-state index in [1.165, 1.54) is 22.0 Å². The van der Waals surface area contributed by atoms with Gasteiger partial charge in [-0.25, -0.2) is 4.68 Å². The standard InChI is InChI=1S/C17H21N5O2S/c1-4-9-19-16(23)11-25-17-21-20-15(22(17)18)10-24-14-7-5-13(6-8-14)12(2)3/h1,5-8,12H,9-11,18H2,2-3H3,(H,19,23). The van der Waals surface area contributed by atoms with E-state index in [2.05, 4.69) is 35.3 Å². The molecule has 132 valence electrons. The van der Waals surface area contributed by atoms with E-state index < -0.39 is 0 Å². The minimum absolute atomic E-state index is 0.161. The van der Waals surface area contributed by atoms with Gasteiger partial charge in [-0.1, -0.05) is 43.7 Å². The molecule has 0 bridgehead atoms. The molecule has 0 aliphatic rings. The van der Waals surface area contributed by atoms with Crippen LogP contribution in [0.4, 0.5) is 0 Å². The lowest BCUT2D eigenvalue weighted by molar-refractivity contribution is -0.118. The number of carbonyl (C=O) groups excluding carboxylic acids is 1. The summed E-state index contributed by atoms with van der Waals surface area (Å²) in [6.07, 6.45) is 5.08. The molecule has 0 radical (unpaired) electrons. The molecule has 1 aromatic heterocycles. The number of ether oxygens (including phenoxy) is 1. The first kappa shape index (κ1) is 18.7. The van der Waals surface area contributed by atoms with Crippen LogP contribution in [0.15, 0.2) is 29.4 Å². The first-order valence-electron chi connectivity index (χ1n) is 7.76. The monoisotopic (exact) mass is 359 g/mol. The van der Waals surface area contributed by atoms with Gasteiger partial charge in [-0.2, -0.15) is 0 Å². The lowest BCUT2D eigenvalue weighted by atomic mass is 10.0. The van der Waals surface area contributed by atoms with Gasteiger partial charge in [0.25, 0.3) is 0 Å². The molecular formula is C17H21N5O2S. The Morgan fingerprint density at radius 2 is 2.12 bits per heavy atom. The van der Waals surface area contributed by atoms with Gasteiger partial charge in [0.15, 0.2) is 5.82 Å². The van der Waals surface area contributed by atoms with Crippen molar-refractivity contribution < 1.29 is 9.53 Å². The highest BCUT2D eigenvalue weighted by molar-refractivity contribution is 7.99. The van der Waals surface area contributed by atoms with Crippen LogP contribution in [0.1, 0.15) is 31.2 Å². The van der Waals surface area contributed by atoms with Gasteiger partial charge in [0.1, 0.15) is 12.4 Å². The third-order valence-corrected chi connectivity index (χ3v) is 4.31. The number of thioether (sulfide) groups is 1. The number of terminal acetylenes is 1. The van der Waals surface area contributed by atoms with Crippen LogP contribution in [0.3, 0.4) is 0 Å². The number of benzene rings is 1. The maximum Gasteiger partial charge on any atom is 0.231 e. The molecule has 0 spiro atoms. The second-order valence-electron chi connectivity index (χ2n) is 5.55. The Labute approximate surface area is 151 Å². The van der Waals surface area contributed by atoms with Crippen molar-refractivity contribution in [1.29, 1.82) is 0 Å². The van der Waals surface area contributed by atoms with Crippen LogP contribution in [-0.4, -0.2) is 33.1 Å². The van der Waals surface area contributed by atoms with Crippen molar-refractivity contribution in [3.8, 4) is 18.1 Å². The number of rotatable bonds is 8. The second kappa shape index (κ2) is 8.99. The van der Waals surface area contributed by atoms with E-state index in [0.717, 1.165) is 5.75 Å². The molecule has 2 aromatic rings. The fraction of sp³-hybridized carbons (Fsp3) is 0.353. The number of hydrogen-bond acceptors (Lipinski definition) is 6. The van der Waals surface area contributed by atoms with Gasteiger partial charge in [-0.05, 0) is 23.6 Å². The van der Waals surface area contributed by atoms with Crippen molar-refractivity contribution in [3.63, 3.8) is 0 Å². The van der Waals surface area contributed by atoms with E-state index in [9.17, 15) is 4.79 Å². The van der Waals surface area contributed by atoms with Crippen molar-refractivity contribution in [1.82, 2.24) is 20.2 Å². The highest BCUT2D eigenvalue weighted by Gasteiger charge is 2.12. The molecule has 8 heteroatoms. The summed E-state index contributed by atoms with van der Waals surface area (Å²) in [6, 6.07) is 7.89. The summed E-state index contributed by atoms with van der Waals surface area (Å²) in [5, 5.41) is 11.0. The van der Waals surface area contributed by atoms with Gasteiger partial charge in [0.05, 0.1) is 12.3 Å². The first-order valence-corrected chi connectivity index (χ1v) is 8.75. The molecule has 0 saturated carbocycles. The van der Waals surface area contributed by atoms with Gasteiger partial charge in [-0.15, -0.1) is 16.6 Å². The molecule has 0 aliphatic heterocycles. The predicted molar refractivity (Wildman–Crippen MR) is 97.6 cm³/mol. The highest BCUT2D eigenvalue weighted by atomic mass is 32.2. The molecule has 0 unspecified atom stereocenters. The Bertz CT molecular complexity index is 749. The van der Waals surface area contributed by atoms with E-state index in [0.29, 0.717) is 16.9 Å². The highest BCUT2D eigenvalue weighted by Crippen LogP contribution is 2.20. The van der Waals surface area contributed by atoms with E-state index in [4.69, 9.17) is 17.0 Å². The molecule has 7 nitrogen and oxygen atoms in total. The van der Waals surface area contributed by atoms with E-state index in [1.54, 1.807) is 0 Å². The lowest BCUT2D eigenvalue weighted by Crippen LogP contribution is -2.25. The topological polar surface area (TPSA) is 95.1 Å². The normalized spacial score (nSPS) is 10.5. The summed E-state index contributed by atoms with van der Waals surface area (Å²) in [6.45, 7) is 4.66. The third-order valence-electron chi connectivity index (χ3n) is 3.37. The van der Waals surface area contributed by atoms with Crippen molar-refractivity contribution >= 4 is 17.7 Å². The molecular weight excluding hydrogens is 338 g/mol. The number of carbonyl (C=O) groups is 1. The number of nitrogens with one attached hydrogen (secondary N) is 1. The predicted octanol–water partition coefficient (Wildman–Crippen LogP) is 1.54. The van der Waals surface area contributed by atoms with Crippen molar-refractivity contribution in [3.05, 3.63) is 35.7 Å². The Morgan fingerprint density at radius 1 is 1.40 bits per heavy atom. The maximum atomic E-state index is 11.5. The van der Waals surface area contributed by atoms with E-state index >= 15 is 0 Å². The third kappa shape index (κ3) is 5.43. The van der Waals surface area contributed by atoms with Crippen LogP contribution < -0.4 is 15.9 Å². The molecule has 1 heterocycles. The largest absolute Gasteiger partial charge is 0.486 e. The summed E-state index contributed by atoms with van der Waals surface area (Å²) in [5.41, 5.74) is 1.25. The Morgan fingerprint density at radius 3 is 2.76 bits per heavy atom. The van der Waals surface area contributed by atoms with Gasteiger partial charge >= 0.3 is 0 Å². The summed E-state index contributed by atoms with van der Waals surface area (Å²) in [5.74, 6) is 9.93. The maximum absolute atomic E-state index is 11.5. The average molecular weight is 359 g/mol. The van der Waals surface area contributed by atoms with Crippen LogP contribution >= 0.6 is 11.8 Å². The fourth-order valence-corrected chi connectivity index (χ4v) is 2.64. The van der Waals surface area contributed by atoms with Crippen molar-refractivity contribution in [2.24, 2.45) is 0 Å². The molecule has 2 rings (SSSR count). The molecule has 0 aliphatic carbocycles. The lowest BCUT2D eigenvalue weighted by Gasteiger charge is -2.09. The number of nitrogens with zero attached hydrogens (tertiary/aromatic N) is 3. The zero-order valence-corrected chi connectivity index (χ0v) is 15.0. The van der Waals surface area contributed by atoms with E-state index in [-0.39, 0.29) is 24.8 Å². The molecule has 0 fully saturated rings. The summed E-state index contributed by atoms with van der Waals surface area (Å²) < 4.78 is 7.01. The van der Waals surface area contributed by atoms with Crippen molar-refractivity contribution in [2.45, 2.75) is 31.5 Å². The van der Waals surface area contributed by atoms with Crippen LogP contribution in [0.2, 0.25) is 0 Å². The van der Waals surface area contributed by atoms with Gasteiger partial charge in [0, 0.05) is 0 Å². The van der Waals surface area contributed by atoms with E-state index in [1.807, 2.05) is 24.3 Å². The number of amides is 1. The fourth-order valence-electron chi connectivity index (χ4n) is 1.93. The SMILES string of the molecule is C#CCNC(=O)CSc1nnc(COc2ccc(C(C)C)cc2)n1N. The minimum atomic E-state index is -0.186. The summed E-state index contributed by atoms with van der Waals surface area (Å²) in [4.78, 5) is 11.5.